The second kappa shape index (κ2) is 5.38. The van der Waals surface area contributed by atoms with Crippen LogP contribution in [0.3, 0.4) is 0 Å². The number of rotatable bonds is 2. The highest BCUT2D eigenvalue weighted by molar-refractivity contribution is 5.79. The van der Waals surface area contributed by atoms with E-state index in [0.29, 0.717) is 17.9 Å². The van der Waals surface area contributed by atoms with Gasteiger partial charge in [-0.2, -0.15) is 0 Å². The molecule has 1 amide bonds. The Morgan fingerprint density at radius 3 is 2.59 bits per heavy atom. The summed E-state index contributed by atoms with van der Waals surface area (Å²) in [5.74, 6) is 1.84. The van der Waals surface area contributed by atoms with Gasteiger partial charge in [0.15, 0.2) is 0 Å². The molecule has 1 N–H and O–H groups in total. The van der Waals surface area contributed by atoms with Crippen molar-refractivity contribution in [3.63, 3.8) is 0 Å². The zero-order valence-electron chi connectivity index (χ0n) is 11.4. The normalized spacial score (nSPS) is 38.1. The highest BCUT2D eigenvalue weighted by Crippen LogP contribution is 2.28. The van der Waals surface area contributed by atoms with Gasteiger partial charge in [-0.05, 0) is 31.2 Å². The summed E-state index contributed by atoms with van der Waals surface area (Å²) < 4.78 is 0. The van der Waals surface area contributed by atoms with Gasteiger partial charge in [0.2, 0.25) is 5.91 Å². The molecule has 3 heteroatoms. The van der Waals surface area contributed by atoms with Crippen LogP contribution in [-0.2, 0) is 4.79 Å². The number of hydrogen-bond acceptors (Lipinski definition) is 2. The maximum atomic E-state index is 12.4. The van der Waals surface area contributed by atoms with E-state index in [0.717, 1.165) is 19.0 Å². The smallest absolute Gasteiger partial charge is 0.227 e. The molecule has 4 atom stereocenters. The number of carbonyl (C=O) groups is 1. The first-order valence-electron chi connectivity index (χ1n) is 7.07. The van der Waals surface area contributed by atoms with Gasteiger partial charge in [0, 0.05) is 19.6 Å². The van der Waals surface area contributed by atoms with Gasteiger partial charge in [-0.1, -0.05) is 26.7 Å². The van der Waals surface area contributed by atoms with Crippen molar-refractivity contribution < 1.29 is 4.79 Å². The molecule has 1 aliphatic heterocycles. The van der Waals surface area contributed by atoms with E-state index in [2.05, 4.69) is 19.2 Å². The van der Waals surface area contributed by atoms with Gasteiger partial charge in [-0.3, -0.25) is 4.79 Å². The van der Waals surface area contributed by atoms with Crippen LogP contribution in [0.25, 0.3) is 0 Å². The van der Waals surface area contributed by atoms with Gasteiger partial charge >= 0.3 is 0 Å². The number of amides is 1. The fourth-order valence-corrected chi connectivity index (χ4v) is 3.34. The summed E-state index contributed by atoms with van der Waals surface area (Å²) in [4.78, 5) is 14.5. The Bertz CT molecular complexity index is 279. The van der Waals surface area contributed by atoms with Crippen molar-refractivity contribution in [3.8, 4) is 0 Å². The molecule has 0 radical (unpaired) electrons. The summed E-state index contributed by atoms with van der Waals surface area (Å²) in [7, 11) is 2.01. The molecule has 0 bridgehead atoms. The zero-order valence-corrected chi connectivity index (χ0v) is 11.4. The largest absolute Gasteiger partial charge is 0.342 e. The van der Waals surface area contributed by atoms with Crippen molar-refractivity contribution in [2.45, 2.75) is 45.6 Å². The molecule has 0 aromatic carbocycles. The van der Waals surface area contributed by atoms with Crippen LogP contribution in [-0.4, -0.2) is 37.0 Å². The van der Waals surface area contributed by atoms with Crippen molar-refractivity contribution in [3.05, 3.63) is 0 Å². The van der Waals surface area contributed by atoms with Gasteiger partial charge in [0.05, 0.1) is 5.92 Å². The van der Waals surface area contributed by atoms with Gasteiger partial charge in [-0.15, -0.1) is 0 Å². The van der Waals surface area contributed by atoms with Gasteiger partial charge < -0.3 is 10.2 Å². The molecule has 1 saturated heterocycles. The Hall–Kier alpha value is -0.570. The molecule has 98 valence electrons. The molecule has 0 spiro atoms. The average molecular weight is 238 g/mol. The fraction of sp³-hybridized carbons (Fsp3) is 0.929. The maximum Gasteiger partial charge on any atom is 0.227 e. The molecule has 1 aliphatic carbocycles. The number of nitrogens with zero attached hydrogens (tertiary/aromatic N) is 1. The highest BCUT2D eigenvalue weighted by atomic mass is 16.2. The number of nitrogens with one attached hydrogen (secondary N) is 1. The van der Waals surface area contributed by atoms with Crippen molar-refractivity contribution >= 4 is 5.91 Å². The second-order valence-electron chi connectivity index (χ2n) is 6.12. The fourth-order valence-electron chi connectivity index (χ4n) is 3.34. The van der Waals surface area contributed by atoms with Crippen LogP contribution in [0.4, 0.5) is 0 Å². The Labute approximate surface area is 105 Å². The summed E-state index contributed by atoms with van der Waals surface area (Å²) in [5.41, 5.74) is 0. The Kier molecular flexibility index (Phi) is 4.08. The second-order valence-corrected chi connectivity index (χ2v) is 6.12. The minimum atomic E-state index is 0.206. The van der Waals surface area contributed by atoms with Gasteiger partial charge in [-0.25, -0.2) is 0 Å². The first-order valence-corrected chi connectivity index (χ1v) is 7.07. The minimum Gasteiger partial charge on any atom is -0.342 e. The number of carbonyl (C=O) groups excluding carboxylic acids is 1. The molecule has 1 saturated carbocycles. The lowest BCUT2D eigenvalue weighted by Crippen LogP contribution is -2.44. The van der Waals surface area contributed by atoms with Crippen molar-refractivity contribution in [2.24, 2.45) is 17.8 Å². The molecule has 1 heterocycles. The molecule has 0 aromatic heterocycles. The Balaban J connectivity index is 1.94. The third-order valence-corrected chi connectivity index (χ3v) is 4.64. The first-order chi connectivity index (χ1) is 8.09. The molecular weight excluding hydrogens is 212 g/mol. The SMILES string of the molecule is CC1CCCC(N(C)C(=O)[C@@H]2CNC[C@H]2C)C1. The molecule has 2 unspecified atom stereocenters. The van der Waals surface area contributed by atoms with E-state index in [-0.39, 0.29) is 5.92 Å². The van der Waals surface area contributed by atoms with Crippen LogP contribution in [0.2, 0.25) is 0 Å². The standard InChI is InChI=1S/C14H26N2O/c1-10-5-4-6-12(7-10)16(3)14(17)13-9-15-8-11(13)2/h10-13,15H,4-9H2,1-3H3/t10?,11-,12?,13-/m1/s1. The molecule has 2 rings (SSSR count). The lowest BCUT2D eigenvalue weighted by molar-refractivity contribution is -0.137. The summed E-state index contributed by atoms with van der Waals surface area (Å²) in [6, 6.07) is 0.485. The van der Waals surface area contributed by atoms with E-state index in [1.807, 2.05) is 11.9 Å². The number of hydrogen-bond donors (Lipinski definition) is 1. The zero-order chi connectivity index (χ0) is 12.4. The minimum absolute atomic E-state index is 0.206. The van der Waals surface area contributed by atoms with E-state index in [1.54, 1.807) is 0 Å². The quantitative estimate of drug-likeness (QED) is 0.796. The lowest BCUT2D eigenvalue weighted by Gasteiger charge is -2.36. The summed E-state index contributed by atoms with van der Waals surface area (Å²) in [6.45, 7) is 6.35. The van der Waals surface area contributed by atoms with Crippen LogP contribution in [0.1, 0.15) is 39.5 Å². The first kappa shape index (κ1) is 12.9. The van der Waals surface area contributed by atoms with E-state index < -0.39 is 0 Å². The summed E-state index contributed by atoms with van der Waals surface area (Å²) in [6.07, 6.45) is 5.00. The van der Waals surface area contributed by atoms with Crippen LogP contribution >= 0.6 is 0 Å². The molecule has 2 fully saturated rings. The van der Waals surface area contributed by atoms with E-state index in [4.69, 9.17) is 0 Å². The molecular formula is C14H26N2O. The van der Waals surface area contributed by atoms with Crippen molar-refractivity contribution in [1.29, 1.82) is 0 Å². The lowest BCUT2D eigenvalue weighted by atomic mass is 9.85. The summed E-state index contributed by atoms with van der Waals surface area (Å²) in [5, 5.41) is 3.32. The molecule has 0 aromatic rings. The summed E-state index contributed by atoms with van der Waals surface area (Å²) >= 11 is 0. The van der Waals surface area contributed by atoms with Crippen LogP contribution in [0.15, 0.2) is 0 Å². The monoisotopic (exact) mass is 238 g/mol. The predicted molar refractivity (Wildman–Crippen MR) is 69.7 cm³/mol. The Morgan fingerprint density at radius 2 is 2.00 bits per heavy atom. The van der Waals surface area contributed by atoms with Crippen LogP contribution in [0, 0.1) is 17.8 Å². The van der Waals surface area contributed by atoms with Crippen molar-refractivity contribution in [1.82, 2.24) is 10.2 Å². The predicted octanol–water partition coefficient (Wildman–Crippen LogP) is 1.88. The van der Waals surface area contributed by atoms with E-state index in [9.17, 15) is 4.79 Å². The average Bonchev–Trinajstić information content (AvgIpc) is 2.73. The van der Waals surface area contributed by atoms with Gasteiger partial charge in [0.1, 0.15) is 0 Å². The van der Waals surface area contributed by atoms with Gasteiger partial charge in [0.25, 0.3) is 0 Å². The molecule has 17 heavy (non-hydrogen) atoms. The van der Waals surface area contributed by atoms with E-state index in [1.165, 1.54) is 25.7 Å². The third-order valence-electron chi connectivity index (χ3n) is 4.64. The highest BCUT2D eigenvalue weighted by Gasteiger charge is 2.34. The van der Waals surface area contributed by atoms with E-state index >= 15 is 0 Å². The topological polar surface area (TPSA) is 32.3 Å². The molecule has 2 aliphatic rings. The van der Waals surface area contributed by atoms with Crippen LogP contribution in [0.5, 0.6) is 0 Å². The van der Waals surface area contributed by atoms with Crippen LogP contribution < -0.4 is 5.32 Å². The maximum absolute atomic E-state index is 12.4. The molecule has 3 nitrogen and oxygen atoms in total. The van der Waals surface area contributed by atoms with Crippen molar-refractivity contribution in [2.75, 3.05) is 20.1 Å². The Morgan fingerprint density at radius 1 is 1.24 bits per heavy atom. The third kappa shape index (κ3) is 2.82.